The van der Waals surface area contributed by atoms with E-state index in [1.54, 1.807) is 25.1 Å². The van der Waals surface area contributed by atoms with Crippen molar-refractivity contribution in [3.05, 3.63) is 57.1 Å². The van der Waals surface area contributed by atoms with Crippen LogP contribution in [-0.2, 0) is 6.42 Å². The average Bonchev–Trinajstić information content (AvgIpc) is 2.93. The number of nitrogens with zero attached hydrogens (tertiary/aromatic N) is 1. The smallest absolute Gasteiger partial charge is 0.285 e. The zero-order chi connectivity index (χ0) is 18.8. The van der Waals surface area contributed by atoms with E-state index in [0.717, 1.165) is 12.0 Å². The Morgan fingerprint density at radius 3 is 2.88 bits per heavy atom. The molecule has 0 saturated carbocycles. The second-order valence-corrected chi connectivity index (χ2v) is 6.20. The summed E-state index contributed by atoms with van der Waals surface area (Å²) in [5, 5.41) is 14.1. The van der Waals surface area contributed by atoms with Crippen molar-refractivity contribution in [1.82, 2.24) is 0 Å². The number of benzene rings is 2. The van der Waals surface area contributed by atoms with E-state index in [-0.39, 0.29) is 17.4 Å². The number of ether oxygens (including phenoxy) is 2. The molecule has 1 heterocycles. The van der Waals surface area contributed by atoms with E-state index in [1.165, 1.54) is 6.07 Å². The summed E-state index contributed by atoms with van der Waals surface area (Å²) in [6.07, 6.45) is 0.829. The highest BCUT2D eigenvalue weighted by Gasteiger charge is 2.26. The van der Waals surface area contributed by atoms with Gasteiger partial charge in [0.25, 0.3) is 11.6 Å². The molecule has 26 heavy (non-hydrogen) atoms. The van der Waals surface area contributed by atoms with Crippen molar-refractivity contribution in [2.75, 3.05) is 11.9 Å². The number of rotatable bonds is 5. The quantitative estimate of drug-likeness (QED) is 0.648. The molecule has 1 amide bonds. The lowest BCUT2D eigenvalue weighted by atomic mass is 10.1. The first-order valence-corrected chi connectivity index (χ1v) is 8.42. The van der Waals surface area contributed by atoms with Crippen LogP contribution in [0.25, 0.3) is 0 Å². The van der Waals surface area contributed by atoms with Gasteiger partial charge in [0, 0.05) is 23.6 Å². The molecule has 1 aliphatic rings. The predicted octanol–water partition coefficient (Wildman–Crippen LogP) is 3.88. The standard InChI is InChI=1S/C19H20N2O5/c1-4-25-17-9-13-8-12(3)26-16(13)10-15(17)20-19(22)14-7-5-6-11(2)18(14)21(23)24/h5-7,9-10,12H,4,8H2,1-3H3,(H,20,22)/t12-/m0/s1. The van der Waals surface area contributed by atoms with E-state index in [1.807, 2.05) is 19.9 Å². The minimum absolute atomic E-state index is 0.00670. The largest absolute Gasteiger partial charge is 0.492 e. The van der Waals surface area contributed by atoms with Crippen LogP contribution in [0.2, 0.25) is 0 Å². The minimum Gasteiger partial charge on any atom is -0.492 e. The number of aryl methyl sites for hydroxylation is 1. The lowest BCUT2D eigenvalue weighted by Crippen LogP contribution is -2.15. The van der Waals surface area contributed by atoms with Crippen molar-refractivity contribution >= 4 is 17.3 Å². The van der Waals surface area contributed by atoms with E-state index in [4.69, 9.17) is 9.47 Å². The first-order valence-electron chi connectivity index (χ1n) is 8.42. The van der Waals surface area contributed by atoms with E-state index >= 15 is 0 Å². The van der Waals surface area contributed by atoms with Crippen LogP contribution in [0.1, 0.15) is 35.3 Å². The molecule has 0 unspecified atom stereocenters. The molecular formula is C19H20N2O5. The molecule has 2 aromatic carbocycles. The number of para-hydroxylation sites is 1. The molecular weight excluding hydrogens is 336 g/mol. The topological polar surface area (TPSA) is 90.7 Å². The average molecular weight is 356 g/mol. The summed E-state index contributed by atoms with van der Waals surface area (Å²) in [6, 6.07) is 8.22. The molecule has 1 N–H and O–H groups in total. The van der Waals surface area contributed by atoms with Gasteiger partial charge in [-0.3, -0.25) is 14.9 Å². The first kappa shape index (κ1) is 17.7. The van der Waals surface area contributed by atoms with Crippen LogP contribution in [0.3, 0.4) is 0 Å². The van der Waals surface area contributed by atoms with Crippen molar-refractivity contribution < 1.29 is 19.2 Å². The fourth-order valence-corrected chi connectivity index (χ4v) is 3.09. The van der Waals surface area contributed by atoms with E-state index in [0.29, 0.717) is 29.4 Å². The minimum atomic E-state index is -0.563. The lowest BCUT2D eigenvalue weighted by Gasteiger charge is -2.14. The molecule has 0 aromatic heterocycles. The summed E-state index contributed by atoms with van der Waals surface area (Å²) in [5.74, 6) is 0.648. The maximum absolute atomic E-state index is 12.7. The van der Waals surface area contributed by atoms with Gasteiger partial charge in [0.15, 0.2) is 0 Å². The molecule has 7 heteroatoms. The number of amides is 1. The number of anilines is 1. The van der Waals surface area contributed by atoms with Crippen molar-refractivity contribution in [2.45, 2.75) is 33.3 Å². The summed E-state index contributed by atoms with van der Waals surface area (Å²) in [4.78, 5) is 23.5. The van der Waals surface area contributed by atoms with Crippen LogP contribution in [0, 0.1) is 17.0 Å². The summed E-state index contributed by atoms with van der Waals surface area (Å²) < 4.78 is 11.4. The van der Waals surface area contributed by atoms with Crippen LogP contribution < -0.4 is 14.8 Å². The van der Waals surface area contributed by atoms with Crippen molar-refractivity contribution in [2.24, 2.45) is 0 Å². The lowest BCUT2D eigenvalue weighted by molar-refractivity contribution is -0.385. The van der Waals surface area contributed by atoms with Gasteiger partial charge in [0.1, 0.15) is 23.2 Å². The highest BCUT2D eigenvalue weighted by molar-refractivity contribution is 6.08. The monoisotopic (exact) mass is 356 g/mol. The van der Waals surface area contributed by atoms with Crippen molar-refractivity contribution in [3.63, 3.8) is 0 Å². The van der Waals surface area contributed by atoms with Crippen LogP contribution in [-0.4, -0.2) is 23.5 Å². The second-order valence-electron chi connectivity index (χ2n) is 6.20. The Hall–Kier alpha value is -3.09. The summed E-state index contributed by atoms with van der Waals surface area (Å²) in [5.41, 5.74) is 1.68. The van der Waals surface area contributed by atoms with Gasteiger partial charge in [-0.2, -0.15) is 0 Å². The molecule has 7 nitrogen and oxygen atoms in total. The molecule has 3 rings (SSSR count). The summed E-state index contributed by atoms with van der Waals surface area (Å²) in [7, 11) is 0. The number of nitro benzene ring substituents is 1. The van der Waals surface area contributed by atoms with Gasteiger partial charge >= 0.3 is 0 Å². The van der Waals surface area contributed by atoms with E-state index < -0.39 is 10.8 Å². The Morgan fingerprint density at radius 1 is 1.42 bits per heavy atom. The predicted molar refractivity (Wildman–Crippen MR) is 97.2 cm³/mol. The number of hydrogen-bond donors (Lipinski definition) is 1. The third kappa shape index (κ3) is 3.33. The molecule has 2 aromatic rings. The Bertz CT molecular complexity index is 878. The maximum Gasteiger partial charge on any atom is 0.285 e. The van der Waals surface area contributed by atoms with E-state index in [2.05, 4.69) is 5.32 Å². The third-order valence-corrected chi connectivity index (χ3v) is 4.21. The second kappa shape index (κ2) is 7.03. The number of hydrogen-bond acceptors (Lipinski definition) is 5. The zero-order valence-electron chi connectivity index (χ0n) is 14.9. The Balaban J connectivity index is 1.97. The Kier molecular flexibility index (Phi) is 4.79. The van der Waals surface area contributed by atoms with Gasteiger partial charge in [0.2, 0.25) is 0 Å². The SMILES string of the molecule is CCOc1cc2c(cc1NC(=O)c1cccc(C)c1[N+](=O)[O-])O[C@@H](C)C2. The van der Waals surface area contributed by atoms with Gasteiger partial charge in [-0.15, -0.1) is 0 Å². The molecule has 1 aliphatic heterocycles. The van der Waals surface area contributed by atoms with Crippen molar-refractivity contribution in [3.8, 4) is 11.5 Å². The third-order valence-electron chi connectivity index (χ3n) is 4.21. The Labute approximate surface area is 151 Å². The number of carbonyl (C=O) groups excluding carboxylic acids is 1. The molecule has 1 atom stereocenters. The van der Waals surface area contributed by atoms with Crippen LogP contribution in [0.15, 0.2) is 30.3 Å². The van der Waals surface area contributed by atoms with Crippen LogP contribution in [0.4, 0.5) is 11.4 Å². The normalized spacial score (nSPS) is 15.1. The molecule has 0 fully saturated rings. The molecule has 0 radical (unpaired) electrons. The first-order chi connectivity index (χ1) is 12.4. The van der Waals surface area contributed by atoms with Gasteiger partial charge < -0.3 is 14.8 Å². The highest BCUT2D eigenvalue weighted by Crippen LogP contribution is 2.38. The van der Waals surface area contributed by atoms with E-state index in [9.17, 15) is 14.9 Å². The number of nitro groups is 1. The fraction of sp³-hybridized carbons (Fsp3) is 0.316. The summed E-state index contributed by atoms with van der Waals surface area (Å²) in [6.45, 7) is 5.85. The fourth-order valence-electron chi connectivity index (χ4n) is 3.09. The van der Waals surface area contributed by atoms with Gasteiger partial charge in [0.05, 0.1) is 17.2 Å². The Morgan fingerprint density at radius 2 is 2.19 bits per heavy atom. The van der Waals surface area contributed by atoms with Gasteiger partial charge in [-0.1, -0.05) is 12.1 Å². The zero-order valence-corrected chi connectivity index (χ0v) is 14.9. The number of nitrogens with one attached hydrogen (secondary N) is 1. The molecule has 0 spiro atoms. The number of fused-ring (bicyclic) bond motifs is 1. The van der Waals surface area contributed by atoms with Gasteiger partial charge in [-0.05, 0) is 32.9 Å². The van der Waals surface area contributed by atoms with Crippen LogP contribution in [0.5, 0.6) is 11.5 Å². The molecule has 0 aliphatic carbocycles. The molecule has 0 bridgehead atoms. The maximum atomic E-state index is 12.7. The number of carbonyl (C=O) groups is 1. The molecule has 0 saturated heterocycles. The molecule has 136 valence electrons. The van der Waals surface area contributed by atoms with Gasteiger partial charge in [-0.25, -0.2) is 0 Å². The highest BCUT2D eigenvalue weighted by atomic mass is 16.6. The van der Waals surface area contributed by atoms with Crippen molar-refractivity contribution in [1.29, 1.82) is 0 Å². The summed E-state index contributed by atoms with van der Waals surface area (Å²) >= 11 is 0. The van der Waals surface area contributed by atoms with Crippen LogP contribution >= 0.6 is 0 Å².